The number of rotatable bonds is 36. The van der Waals surface area contributed by atoms with Crippen molar-refractivity contribution in [2.75, 3.05) is 20.6 Å². The van der Waals surface area contributed by atoms with Crippen molar-refractivity contribution in [2.24, 2.45) is 11.8 Å². The first-order chi connectivity index (χ1) is 22.1. The normalized spacial score (nSPS) is 13.7. The van der Waals surface area contributed by atoms with E-state index < -0.39 is 0 Å². The molecular formula is C44H85N. The van der Waals surface area contributed by atoms with Gasteiger partial charge < -0.3 is 4.90 Å². The summed E-state index contributed by atoms with van der Waals surface area (Å²) in [4.78, 5) is 2.34. The average molecular weight is 628 g/mol. The van der Waals surface area contributed by atoms with Crippen LogP contribution in [0.2, 0.25) is 0 Å². The van der Waals surface area contributed by atoms with Crippen LogP contribution in [0.1, 0.15) is 213 Å². The summed E-state index contributed by atoms with van der Waals surface area (Å²) in [7, 11) is 4.42. The van der Waals surface area contributed by atoms with Crippen LogP contribution in [0, 0.1) is 11.8 Å². The fourth-order valence-corrected chi connectivity index (χ4v) is 6.60. The lowest BCUT2D eigenvalue weighted by Crippen LogP contribution is -2.12. The van der Waals surface area contributed by atoms with Gasteiger partial charge in [0.15, 0.2) is 0 Å². The first-order valence-electron chi connectivity index (χ1n) is 20.7. The third-order valence-corrected chi connectivity index (χ3v) is 9.77. The molecule has 1 heteroatoms. The number of hydrogen-bond acceptors (Lipinski definition) is 1. The lowest BCUT2D eigenvalue weighted by molar-refractivity contribution is 0.352. The van der Waals surface area contributed by atoms with Gasteiger partial charge in [0.05, 0.1) is 0 Å². The number of nitrogens with zero attached hydrogens (tertiary/aromatic N) is 1. The topological polar surface area (TPSA) is 3.24 Å². The van der Waals surface area contributed by atoms with E-state index in [1.54, 1.807) is 0 Å². The van der Waals surface area contributed by atoms with Gasteiger partial charge in [-0.1, -0.05) is 192 Å². The lowest BCUT2D eigenvalue weighted by Gasteiger charge is -2.17. The van der Waals surface area contributed by atoms with Crippen LogP contribution in [-0.2, 0) is 0 Å². The van der Waals surface area contributed by atoms with Crippen molar-refractivity contribution in [3.8, 4) is 0 Å². The van der Waals surface area contributed by atoms with Crippen molar-refractivity contribution in [3.63, 3.8) is 0 Å². The van der Waals surface area contributed by atoms with Gasteiger partial charge >= 0.3 is 0 Å². The van der Waals surface area contributed by atoms with Crippen molar-refractivity contribution in [3.05, 3.63) is 36.5 Å². The van der Waals surface area contributed by atoms with Crippen LogP contribution in [0.3, 0.4) is 0 Å². The van der Waals surface area contributed by atoms with E-state index >= 15 is 0 Å². The highest BCUT2D eigenvalue weighted by Crippen LogP contribution is 2.24. The second-order valence-electron chi connectivity index (χ2n) is 14.9. The minimum absolute atomic E-state index is 0.870. The van der Waals surface area contributed by atoms with Crippen molar-refractivity contribution < 1.29 is 0 Å². The molecule has 266 valence electrons. The average Bonchev–Trinajstić information content (AvgIpc) is 3.02. The Labute approximate surface area is 286 Å². The molecule has 0 radical (unpaired) electrons. The molecule has 0 fully saturated rings. The van der Waals surface area contributed by atoms with E-state index in [0.717, 1.165) is 18.3 Å². The molecule has 0 aromatic rings. The maximum absolute atomic E-state index is 2.47. The molecule has 1 nitrogen and oxygen atoms in total. The van der Waals surface area contributed by atoms with Gasteiger partial charge in [-0.3, -0.25) is 0 Å². The molecule has 0 saturated carbocycles. The second-order valence-corrected chi connectivity index (χ2v) is 14.9. The molecule has 0 aliphatic rings. The maximum Gasteiger partial charge on any atom is -0.00248 e. The SMILES string of the molecule is CCCCC/C=C\C/C=C\CCCCCCCCC(CCCCCCCC/C=C\CC(C)CCCCC)CCCCCN(C)C. The summed E-state index contributed by atoms with van der Waals surface area (Å²) in [6.07, 6.45) is 56.3. The molecule has 2 atom stereocenters. The van der Waals surface area contributed by atoms with Crippen LogP contribution in [0.4, 0.5) is 0 Å². The molecular weight excluding hydrogens is 542 g/mol. The predicted molar refractivity (Wildman–Crippen MR) is 208 cm³/mol. The summed E-state index contributed by atoms with van der Waals surface area (Å²) in [6.45, 7) is 8.26. The van der Waals surface area contributed by atoms with Crippen LogP contribution in [0.25, 0.3) is 0 Å². The Kier molecular flexibility index (Phi) is 37.0. The van der Waals surface area contributed by atoms with Gasteiger partial charge in [-0.2, -0.15) is 0 Å². The smallest absolute Gasteiger partial charge is 0.00248 e. The Bertz CT molecular complexity index is 629. The van der Waals surface area contributed by atoms with Crippen LogP contribution < -0.4 is 0 Å². The summed E-state index contributed by atoms with van der Waals surface area (Å²) < 4.78 is 0. The zero-order valence-electron chi connectivity index (χ0n) is 32.0. The second kappa shape index (κ2) is 37.6. The van der Waals surface area contributed by atoms with Gasteiger partial charge in [-0.25, -0.2) is 0 Å². The van der Waals surface area contributed by atoms with Crippen LogP contribution in [-0.4, -0.2) is 25.5 Å². The monoisotopic (exact) mass is 628 g/mol. The molecule has 2 unspecified atom stereocenters. The van der Waals surface area contributed by atoms with E-state index in [2.05, 4.69) is 76.2 Å². The van der Waals surface area contributed by atoms with Gasteiger partial charge in [0.25, 0.3) is 0 Å². The highest BCUT2D eigenvalue weighted by atomic mass is 15.0. The summed E-state index contributed by atoms with van der Waals surface area (Å²) in [5, 5.41) is 0. The maximum atomic E-state index is 2.47. The zero-order chi connectivity index (χ0) is 32.9. The first-order valence-corrected chi connectivity index (χ1v) is 20.7. The van der Waals surface area contributed by atoms with E-state index in [1.807, 2.05) is 0 Å². The van der Waals surface area contributed by atoms with Crippen molar-refractivity contribution in [1.29, 1.82) is 0 Å². The van der Waals surface area contributed by atoms with E-state index in [9.17, 15) is 0 Å². The molecule has 0 N–H and O–H groups in total. The summed E-state index contributed by atoms with van der Waals surface area (Å²) in [6, 6.07) is 0. The first kappa shape index (κ1) is 44.2. The molecule has 45 heavy (non-hydrogen) atoms. The Morgan fingerprint density at radius 2 is 0.822 bits per heavy atom. The van der Waals surface area contributed by atoms with Crippen LogP contribution in [0.15, 0.2) is 36.5 Å². The van der Waals surface area contributed by atoms with Gasteiger partial charge in [0.1, 0.15) is 0 Å². The van der Waals surface area contributed by atoms with E-state index in [0.29, 0.717) is 0 Å². The van der Waals surface area contributed by atoms with E-state index in [1.165, 1.54) is 193 Å². The van der Waals surface area contributed by atoms with Gasteiger partial charge in [-0.05, 0) is 90.3 Å². The number of unbranched alkanes of at least 4 members (excludes halogenated alkanes) is 19. The molecule has 0 aliphatic heterocycles. The largest absolute Gasteiger partial charge is 0.309 e. The third kappa shape index (κ3) is 37.5. The predicted octanol–water partition coefficient (Wildman–Crippen LogP) is 15.2. The minimum atomic E-state index is 0.870. The highest BCUT2D eigenvalue weighted by Gasteiger charge is 2.09. The molecule has 0 spiro atoms. The molecule has 0 aromatic carbocycles. The van der Waals surface area contributed by atoms with Crippen LogP contribution >= 0.6 is 0 Å². The Morgan fingerprint density at radius 3 is 1.33 bits per heavy atom. The molecule has 0 rings (SSSR count). The summed E-state index contributed by atoms with van der Waals surface area (Å²) in [5.41, 5.74) is 0. The quantitative estimate of drug-likeness (QED) is 0.0493. The van der Waals surface area contributed by atoms with Crippen molar-refractivity contribution >= 4 is 0 Å². The minimum Gasteiger partial charge on any atom is -0.309 e. The molecule has 0 aliphatic carbocycles. The highest BCUT2D eigenvalue weighted by molar-refractivity contribution is 4.92. The molecule has 0 bridgehead atoms. The molecule has 0 aromatic heterocycles. The Hall–Kier alpha value is -0.820. The number of hydrogen-bond donors (Lipinski definition) is 0. The van der Waals surface area contributed by atoms with Crippen LogP contribution in [0.5, 0.6) is 0 Å². The fourth-order valence-electron chi connectivity index (χ4n) is 6.60. The van der Waals surface area contributed by atoms with Gasteiger partial charge in [-0.15, -0.1) is 0 Å². The molecule has 0 amide bonds. The standard InChI is InChI=1S/C44H85N/c1-6-8-10-11-12-13-14-15-16-17-18-19-22-25-28-33-39-44(41-35-30-36-42-45(4)5)40-34-29-26-23-20-21-24-27-32-38-43(3)37-31-9-7-2/h12-13,15-16,27,32,43-44H,6-11,14,17-26,28-31,33-42H2,1-5H3/b13-12-,16-15-,32-27-. The number of allylic oxidation sites excluding steroid dienone is 6. The van der Waals surface area contributed by atoms with Gasteiger partial charge in [0, 0.05) is 0 Å². The Morgan fingerprint density at radius 1 is 0.422 bits per heavy atom. The Balaban J connectivity index is 3.91. The van der Waals surface area contributed by atoms with Gasteiger partial charge in [0.2, 0.25) is 0 Å². The van der Waals surface area contributed by atoms with E-state index in [-0.39, 0.29) is 0 Å². The van der Waals surface area contributed by atoms with Crippen molar-refractivity contribution in [1.82, 2.24) is 4.90 Å². The third-order valence-electron chi connectivity index (χ3n) is 9.77. The summed E-state index contributed by atoms with van der Waals surface area (Å²) >= 11 is 0. The zero-order valence-corrected chi connectivity index (χ0v) is 32.0. The summed E-state index contributed by atoms with van der Waals surface area (Å²) in [5.74, 6) is 1.86. The van der Waals surface area contributed by atoms with E-state index in [4.69, 9.17) is 0 Å². The molecule has 0 heterocycles. The van der Waals surface area contributed by atoms with Crippen molar-refractivity contribution in [2.45, 2.75) is 213 Å². The fraction of sp³-hybridized carbons (Fsp3) is 0.864. The molecule has 0 saturated heterocycles. The lowest BCUT2D eigenvalue weighted by atomic mass is 9.89.